The van der Waals surface area contributed by atoms with Gasteiger partial charge in [0.1, 0.15) is 0 Å². The predicted molar refractivity (Wildman–Crippen MR) is 78.0 cm³/mol. The van der Waals surface area contributed by atoms with E-state index in [4.69, 9.17) is 5.84 Å². The van der Waals surface area contributed by atoms with Gasteiger partial charge in [0.25, 0.3) is 5.91 Å². The number of amides is 1. The van der Waals surface area contributed by atoms with Crippen molar-refractivity contribution in [3.8, 4) is 0 Å². The van der Waals surface area contributed by atoms with Crippen LogP contribution in [0.1, 0.15) is 17.3 Å². The smallest absolute Gasteiger partial charge is 0.258 e. The molecule has 3 N–H and O–H groups in total. The highest BCUT2D eigenvalue weighted by Gasteiger charge is 2.15. The van der Waals surface area contributed by atoms with Gasteiger partial charge in [0.15, 0.2) is 0 Å². The molecule has 0 saturated carbocycles. The van der Waals surface area contributed by atoms with E-state index in [-0.39, 0.29) is 5.91 Å². The quantitative estimate of drug-likeness (QED) is 0.652. The van der Waals surface area contributed by atoms with Crippen LogP contribution in [0.4, 0.5) is 11.4 Å². The largest absolute Gasteiger partial charge is 0.324 e. The number of hydrogen-bond acceptors (Lipinski definition) is 3. The summed E-state index contributed by atoms with van der Waals surface area (Å²) in [5.41, 5.74) is 4.86. The van der Waals surface area contributed by atoms with Gasteiger partial charge in [0, 0.05) is 23.5 Å². The lowest BCUT2D eigenvalue weighted by Gasteiger charge is -2.21. The summed E-state index contributed by atoms with van der Waals surface area (Å²) in [7, 11) is 0. The number of carbonyl (C=O) groups is 1. The van der Waals surface area contributed by atoms with Crippen molar-refractivity contribution in [2.24, 2.45) is 5.84 Å². The number of anilines is 2. The van der Waals surface area contributed by atoms with Gasteiger partial charge in [-0.1, -0.05) is 18.2 Å². The van der Waals surface area contributed by atoms with Crippen molar-refractivity contribution < 1.29 is 4.79 Å². The summed E-state index contributed by atoms with van der Waals surface area (Å²) in [6, 6.07) is 16.7. The molecule has 0 aliphatic carbocycles. The Bertz CT molecular complexity index is 537. The van der Waals surface area contributed by atoms with Crippen molar-refractivity contribution in [2.75, 3.05) is 16.9 Å². The van der Waals surface area contributed by atoms with Gasteiger partial charge in [-0.25, -0.2) is 0 Å². The summed E-state index contributed by atoms with van der Waals surface area (Å²) >= 11 is 0. The van der Waals surface area contributed by atoms with Crippen LogP contribution in [0.3, 0.4) is 0 Å². The van der Waals surface area contributed by atoms with E-state index in [0.29, 0.717) is 12.1 Å². The molecule has 0 aromatic heterocycles. The van der Waals surface area contributed by atoms with Crippen molar-refractivity contribution in [2.45, 2.75) is 6.92 Å². The molecule has 0 radical (unpaired) electrons. The minimum atomic E-state index is -0.0164. The number of nitrogens with zero attached hydrogens (tertiary/aromatic N) is 1. The Morgan fingerprint density at radius 3 is 2.26 bits per heavy atom. The summed E-state index contributed by atoms with van der Waals surface area (Å²) in [6.07, 6.45) is 0. The molecule has 0 aliphatic heterocycles. The average Bonchev–Trinajstić information content (AvgIpc) is 2.49. The monoisotopic (exact) mass is 255 g/mol. The lowest BCUT2D eigenvalue weighted by atomic mass is 10.1. The number of para-hydroxylation sites is 1. The van der Waals surface area contributed by atoms with Gasteiger partial charge in [-0.3, -0.25) is 10.6 Å². The summed E-state index contributed by atoms with van der Waals surface area (Å²) in [6.45, 7) is 2.58. The van der Waals surface area contributed by atoms with Crippen LogP contribution in [0.5, 0.6) is 0 Å². The second-order valence-corrected chi connectivity index (χ2v) is 4.11. The van der Waals surface area contributed by atoms with E-state index in [0.717, 1.165) is 11.4 Å². The van der Waals surface area contributed by atoms with Crippen LogP contribution in [0.25, 0.3) is 0 Å². The Balaban J connectivity index is 2.25. The molecule has 1 amide bonds. The van der Waals surface area contributed by atoms with Crippen molar-refractivity contribution in [3.05, 3.63) is 60.2 Å². The van der Waals surface area contributed by atoms with Crippen LogP contribution >= 0.6 is 0 Å². The van der Waals surface area contributed by atoms with E-state index in [2.05, 4.69) is 5.43 Å². The number of nitrogens with one attached hydrogen (secondary N) is 1. The van der Waals surface area contributed by atoms with Gasteiger partial charge in [-0.15, -0.1) is 0 Å². The standard InChI is InChI=1S/C15H17N3O/c1-2-18(14-6-4-3-5-7-14)15(19)12-8-10-13(17-16)11-9-12/h3-11,17H,2,16H2,1H3. The molecule has 0 saturated heterocycles. The van der Waals surface area contributed by atoms with Crippen LogP contribution in [0.15, 0.2) is 54.6 Å². The van der Waals surface area contributed by atoms with Crippen LogP contribution in [-0.4, -0.2) is 12.5 Å². The molecule has 19 heavy (non-hydrogen) atoms. The molecule has 2 aromatic carbocycles. The van der Waals surface area contributed by atoms with Crippen LogP contribution in [0, 0.1) is 0 Å². The maximum atomic E-state index is 12.5. The summed E-state index contributed by atoms with van der Waals surface area (Å²) in [4.78, 5) is 14.2. The molecular formula is C15H17N3O. The Labute approximate surface area is 112 Å². The second-order valence-electron chi connectivity index (χ2n) is 4.11. The van der Waals surface area contributed by atoms with Crippen molar-refractivity contribution in [3.63, 3.8) is 0 Å². The van der Waals surface area contributed by atoms with E-state index in [1.807, 2.05) is 37.3 Å². The van der Waals surface area contributed by atoms with Crippen LogP contribution < -0.4 is 16.2 Å². The zero-order valence-corrected chi connectivity index (χ0v) is 10.8. The fourth-order valence-electron chi connectivity index (χ4n) is 1.92. The van der Waals surface area contributed by atoms with E-state index in [9.17, 15) is 4.79 Å². The third kappa shape index (κ3) is 2.92. The zero-order chi connectivity index (χ0) is 13.7. The zero-order valence-electron chi connectivity index (χ0n) is 10.8. The lowest BCUT2D eigenvalue weighted by Crippen LogP contribution is -2.30. The molecule has 0 unspecified atom stereocenters. The van der Waals surface area contributed by atoms with E-state index < -0.39 is 0 Å². The SMILES string of the molecule is CCN(C(=O)c1ccc(NN)cc1)c1ccccc1. The number of carbonyl (C=O) groups excluding carboxylic acids is 1. The summed E-state index contributed by atoms with van der Waals surface area (Å²) in [5, 5.41) is 0. The molecular weight excluding hydrogens is 238 g/mol. The molecule has 2 aromatic rings. The molecule has 2 rings (SSSR count). The van der Waals surface area contributed by atoms with Gasteiger partial charge < -0.3 is 10.3 Å². The Kier molecular flexibility index (Phi) is 4.15. The number of hydrogen-bond donors (Lipinski definition) is 2. The minimum Gasteiger partial charge on any atom is -0.324 e. The van der Waals surface area contributed by atoms with Crippen LogP contribution in [0.2, 0.25) is 0 Å². The van der Waals surface area contributed by atoms with Crippen LogP contribution in [-0.2, 0) is 0 Å². The highest BCUT2D eigenvalue weighted by atomic mass is 16.2. The second kappa shape index (κ2) is 6.02. The Morgan fingerprint density at radius 2 is 1.74 bits per heavy atom. The Morgan fingerprint density at radius 1 is 1.11 bits per heavy atom. The number of rotatable bonds is 4. The number of benzene rings is 2. The molecule has 4 heteroatoms. The first-order valence-electron chi connectivity index (χ1n) is 6.20. The third-order valence-electron chi connectivity index (χ3n) is 2.93. The van der Waals surface area contributed by atoms with Gasteiger partial charge in [0.2, 0.25) is 0 Å². The van der Waals surface area contributed by atoms with Crippen molar-refractivity contribution >= 4 is 17.3 Å². The highest BCUT2D eigenvalue weighted by molar-refractivity contribution is 6.06. The molecule has 98 valence electrons. The van der Waals surface area contributed by atoms with Gasteiger partial charge in [0.05, 0.1) is 0 Å². The third-order valence-corrected chi connectivity index (χ3v) is 2.93. The van der Waals surface area contributed by atoms with Crippen molar-refractivity contribution in [1.29, 1.82) is 0 Å². The Hall–Kier alpha value is -2.33. The first kappa shape index (κ1) is 13.1. The molecule has 0 atom stereocenters. The fraction of sp³-hybridized carbons (Fsp3) is 0.133. The molecule has 4 nitrogen and oxygen atoms in total. The topological polar surface area (TPSA) is 58.4 Å². The minimum absolute atomic E-state index is 0.0164. The highest BCUT2D eigenvalue weighted by Crippen LogP contribution is 2.17. The summed E-state index contributed by atoms with van der Waals surface area (Å²) in [5.74, 6) is 5.29. The lowest BCUT2D eigenvalue weighted by molar-refractivity contribution is 0.0988. The number of hydrazine groups is 1. The first-order chi connectivity index (χ1) is 9.26. The molecule has 0 aliphatic rings. The number of nitrogen functional groups attached to an aromatic ring is 1. The molecule has 0 bridgehead atoms. The predicted octanol–water partition coefficient (Wildman–Crippen LogP) is 2.64. The van der Waals surface area contributed by atoms with Crippen molar-refractivity contribution in [1.82, 2.24) is 0 Å². The van der Waals surface area contributed by atoms with E-state index in [1.165, 1.54) is 0 Å². The fourth-order valence-corrected chi connectivity index (χ4v) is 1.92. The van der Waals surface area contributed by atoms with Gasteiger partial charge >= 0.3 is 0 Å². The maximum absolute atomic E-state index is 12.5. The number of nitrogens with two attached hydrogens (primary N) is 1. The van der Waals surface area contributed by atoms with Gasteiger partial charge in [-0.2, -0.15) is 0 Å². The maximum Gasteiger partial charge on any atom is 0.258 e. The normalized spacial score (nSPS) is 10.0. The molecule has 0 heterocycles. The average molecular weight is 255 g/mol. The molecule has 0 fully saturated rings. The van der Waals surface area contributed by atoms with E-state index >= 15 is 0 Å². The molecule has 0 spiro atoms. The van der Waals surface area contributed by atoms with E-state index in [1.54, 1.807) is 29.2 Å². The van der Waals surface area contributed by atoms with Gasteiger partial charge in [-0.05, 0) is 43.3 Å². The first-order valence-corrected chi connectivity index (χ1v) is 6.20. The summed E-state index contributed by atoms with van der Waals surface area (Å²) < 4.78 is 0.